The zero-order valence-corrected chi connectivity index (χ0v) is 23.1. The summed E-state index contributed by atoms with van der Waals surface area (Å²) >= 11 is 0. The first kappa shape index (κ1) is 28.1. The lowest BCUT2D eigenvalue weighted by atomic mass is 9.85. The lowest BCUT2D eigenvalue weighted by Gasteiger charge is -2.47. The fourth-order valence-corrected chi connectivity index (χ4v) is 6.25. The second kappa shape index (κ2) is 10.7. The minimum atomic E-state index is -4.65. The van der Waals surface area contributed by atoms with Crippen molar-refractivity contribution in [3.8, 4) is 0 Å². The third-order valence-electron chi connectivity index (χ3n) is 8.41. The molecule has 2 atom stereocenters. The number of nitrogens with zero attached hydrogens (tertiary/aromatic N) is 4. The van der Waals surface area contributed by atoms with Gasteiger partial charge in [0.15, 0.2) is 0 Å². The second-order valence-corrected chi connectivity index (χ2v) is 11.2. The number of benzene rings is 2. The Morgan fingerprint density at radius 2 is 1.76 bits per heavy atom. The van der Waals surface area contributed by atoms with Gasteiger partial charge >= 0.3 is 6.18 Å². The molecule has 220 valence electrons. The molecule has 2 aliphatic heterocycles. The number of hydrogen-bond donors (Lipinski definition) is 0. The molecule has 1 aliphatic carbocycles. The summed E-state index contributed by atoms with van der Waals surface area (Å²) in [4.78, 5) is 35.8. The molecule has 11 heteroatoms. The van der Waals surface area contributed by atoms with Crippen LogP contribution in [-0.4, -0.2) is 48.6 Å². The molecule has 0 unspecified atom stereocenters. The zero-order chi connectivity index (χ0) is 29.8. The van der Waals surface area contributed by atoms with Gasteiger partial charge in [0.1, 0.15) is 17.7 Å². The first-order valence-corrected chi connectivity index (χ1v) is 13.9. The highest BCUT2D eigenvalue weighted by molar-refractivity contribution is 6.10. The van der Waals surface area contributed by atoms with E-state index in [1.165, 1.54) is 31.0 Å². The Bertz CT molecular complexity index is 1510. The molecule has 1 saturated carbocycles. The zero-order valence-electron chi connectivity index (χ0n) is 23.1. The molecule has 3 heterocycles. The Kier molecular flexibility index (Phi) is 7.16. The van der Waals surface area contributed by atoms with Crippen LogP contribution < -0.4 is 14.7 Å². The van der Waals surface area contributed by atoms with Crippen LogP contribution in [0.4, 0.5) is 34.8 Å². The number of amides is 2. The van der Waals surface area contributed by atoms with Gasteiger partial charge in [-0.1, -0.05) is 36.4 Å². The second-order valence-electron chi connectivity index (χ2n) is 11.2. The monoisotopic (exact) mass is 582 g/mol. The summed E-state index contributed by atoms with van der Waals surface area (Å²) in [5.74, 6) is -2.31. The molecule has 42 heavy (non-hydrogen) atoms. The number of anilines is 3. The largest absolute Gasteiger partial charge is 0.416 e. The van der Waals surface area contributed by atoms with Crippen LogP contribution in [0.3, 0.4) is 0 Å². The predicted molar refractivity (Wildman–Crippen MR) is 149 cm³/mol. The number of rotatable bonds is 5. The summed E-state index contributed by atoms with van der Waals surface area (Å²) in [7, 11) is 1.50. The van der Waals surface area contributed by atoms with Crippen molar-refractivity contribution in [2.24, 2.45) is 5.92 Å². The Hall–Kier alpha value is -3.99. The lowest BCUT2D eigenvalue weighted by Crippen LogP contribution is -2.56. The smallest absolute Gasteiger partial charge is 0.373 e. The van der Waals surface area contributed by atoms with E-state index in [0.29, 0.717) is 25.1 Å². The van der Waals surface area contributed by atoms with Gasteiger partial charge in [0.2, 0.25) is 11.8 Å². The standard InChI is InChI=1S/C31H30F4N4O3/c1-18-11-21(31(33,34)35)13-26(36-18)39-27(40)12-20-16-38(22-14-23(15-22)42-17-19-7-4-3-5-8-19)29-24(32)9-6-10-25(29)37(2)30(41)28(20)39/h3-11,13,20,22-23,28H,12,14-17H2,1-2H3/t20-,22?,23?,28+/m1/s1. The van der Waals surface area contributed by atoms with Crippen LogP contribution in [0.5, 0.6) is 0 Å². The van der Waals surface area contributed by atoms with Crippen molar-refractivity contribution in [2.45, 2.75) is 57.2 Å². The quantitative estimate of drug-likeness (QED) is 0.372. The van der Waals surface area contributed by atoms with E-state index in [-0.39, 0.29) is 42.3 Å². The van der Waals surface area contributed by atoms with E-state index in [2.05, 4.69) is 4.98 Å². The van der Waals surface area contributed by atoms with E-state index in [4.69, 9.17) is 4.74 Å². The first-order chi connectivity index (χ1) is 20.0. The molecule has 2 aromatic carbocycles. The van der Waals surface area contributed by atoms with E-state index in [1.54, 1.807) is 6.07 Å². The molecule has 2 fully saturated rings. The van der Waals surface area contributed by atoms with Crippen LogP contribution in [0.15, 0.2) is 60.7 Å². The van der Waals surface area contributed by atoms with Crippen LogP contribution >= 0.6 is 0 Å². The first-order valence-electron chi connectivity index (χ1n) is 13.9. The summed E-state index contributed by atoms with van der Waals surface area (Å²) in [6.07, 6.45) is -3.51. The molecule has 2 amide bonds. The van der Waals surface area contributed by atoms with E-state index in [9.17, 15) is 22.8 Å². The topological polar surface area (TPSA) is 66.0 Å². The molecule has 3 aliphatic rings. The van der Waals surface area contributed by atoms with Gasteiger partial charge in [0, 0.05) is 37.7 Å². The number of alkyl halides is 3. The molecule has 6 rings (SSSR count). The van der Waals surface area contributed by atoms with Crippen LogP contribution in [0.25, 0.3) is 0 Å². The Labute approximate surface area is 240 Å². The van der Waals surface area contributed by atoms with Crippen molar-refractivity contribution in [3.05, 3.63) is 83.3 Å². The number of carbonyl (C=O) groups is 2. The number of pyridine rings is 1. The molecular weight excluding hydrogens is 552 g/mol. The molecule has 0 spiro atoms. The third kappa shape index (κ3) is 5.10. The van der Waals surface area contributed by atoms with Gasteiger partial charge in [-0.25, -0.2) is 9.37 Å². The number of para-hydroxylation sites is 1. The highest BCUT2D eigenvalue weighted by Gasteiger charge is 2.51. The average molecular weight is 583 g/mol. The maximum absolute atomic E-state index is 15.5. The van der Waals surface area contributed by atoms with Gasteiger partial charge in [0.05, 0.1) is 29.6 Å². The van der Waals surface area contributed by atoms with E-state index in [1.807, 2.05) is 35.2 Å². The van der Waals surface area contributed by atoms with Crippen molar-refractivity contribution >= 4 is 29.0 Å². The highest BCUT2D eigenvalue weighted by Crippen LogP contribution is 2.44. The number of aryl methyl sites for hydroxylation is 1. The number of aromatic nitrogens is 1. The number of carbonyl (C=O) groups excluding carboxylic acids is 2. The minimum absolute atomic E-state index is 0.0370. The van der Waals surface area contributed by atoms with Gasteiger partial charge in [-0.15, -0.1) is 0 Å². The van der Waals surface area contributed by atoms with Crippen LogP contribution in [0.2, 0.25) is 0 Å². The molecule has 0 radical (unpaired) electrons. The Morgan fingerprint density at radius 1 is 1.02 bits per heavy atom. The summed E-state index contributed by atoms with van der Waals surface area (Å²) in [5, 5.41) is 0. The molecule has 3 aromatic rings. The third-order valence-corrected chi connectivity index (χ3v) is 8.41. The number of likely N-dealkylation sites (N-methyl/N-ethyl adjacent to an activating group) is 1. The van der Waals surface area contributed by atoms with Crippen LogP contribution in [0, 0.1) is 18.7 Å². The minimum Gasteiger partial charge on any atom is -0.373 e. The fourth-order valence-electron chi connectivity index (χ4n) is 6.25. The summed E-state index contributed by atoms with van der Waals surface area (Å²) < 4.78 is 62.5. The van der Waals surface area contributed by atoms with Crippen molar-refractivity contribution in [2.75, 3.05) is 28.3 Å². The molecule has 1 aromatic heterocycles. The number of fused-ring (bicyclic) bond motifs is 2. The summed E-state index contributed by atoms with van der Waals surface area (Å²) in [6, 6.07) is 14.8. The number of ether oxygens (including phenoxy) is 1. The van der Waals surface area contributed by atoms with E-state index >= 15 is 4.39 Å². The normalized spacial score (nSPS) is 24.2. The van der Waals surface area contributed by atoms with Crippen molar-refractivity contribution in [1.29, 1.82) is 0 Å². The van der Waals surface area contributed by atoms with Crippen molar-refractivity contribution in [1.82, 2.24) is 4.98 Å². The number of halogens is 4. The Morgan fingerprint density at radius 3 is 2.48 bits per heavy atom. The molecule has 0 N–H and O–H groups in total. The van der Waals surface area contributed by atoms with Crippen LogP contribution in [-0.2, 0) is 27.1 Å². The van der Waals surface area contributed by atoms with Gasteiger partial charge < -0.3 is 14.5 Å². The maximum Gasteiger partial charge on any atom is 0.416 e. The summed E-state index contributed by atoms with van der Waals surface area (Å²) in [5.41, 5.74) is 0.789. The highest BCUT2D eigenvalue weighted by atomic mass is 19.4. The average Bonchev–Trinajstić information content (AvgIpc) is 3.25. The molecular formula is C31H30F4N4O3. The fraction of sp³-hybridized carbons (Fsp3) is 0.387. The van der Waals surface area contributed by atoms with Crippen molar-refractivity contribution < 1.29 is 31.9 Å². The van der Waals surface area contributed by atoms with Gasteiger partial charge in [-0.05, 0) is 49.6 Å². The molecule has 1 saturated heterocycles. The number of hydrogen-bond acceptors (Lipinski definition) is 5. The lowest BCUT2D eigenvalue weighted by molar-refractivity contribution is -0.137. The van der Waals surface area contributed by atoms with E-state index in [0.717, 1.165) is 22.6 Å². The Balaban J connectivity index is 1.32. The van der Waals surface area contributed by atoms with Gasteiger partial charge in [-0.3, -0.25) is 14.5 Å². The van der Waals surface area contributed by atoms with Crippen molar-refractivity contribution in [3.63, 3.8) is 0 Å². The van der Waals surface area contributed by atoms with Crippen LogP contribution in [0.1, 0.15) is 36.1 Å². The van der Waals surface area contributed by atoms with Gasteiger partial charge in [-0.2, -0.15) is 13.2 Å². The predicted octanol–water partition coefficient (Wildman–Crippen LogP) is 5.50. The molecule has 7 nitrogen and oxygen atoms in total. The molecule has 0 bridgehead atoms. The maximum atomic E-state index is 15.5. The van der Waals surface area contributed by atoms with Gasteiger partial charge in [0.25, 0.3) is 0 Å². The summed E-state index contributed by atoms with van der Waals surface area (Å²) in [6.45, 7) is 2.04. The SMILES string of the molecule is Cc1cc(C(F)(F)F)cc(N2C(=O)C[C@@H]3CN(C4CC(OCc5ccccc5)C4)c4c(F)cccc4N(C)C(=O)[C@H]32)n1. The van der Waals surface area contributed by atoms with E-state index < -0.39 is 41.3 Å².